The van der Waals surface area contributed by atoms with E-state index in [-0.39, 0.29) is 12.1 Å². The molecule has 2 aromatic rings. The topological polar surface area (TPSA) is 83.1 Å². The van der Waals surface area contributed by atoms with Crippen molar-refractivity contribution in [2.45, 2.75) is 26.2 Å². The third-order valence-corrected chi connectivity index (χ3v) is 3.83. The lowest BCUT2D eigenvalue weighted by molar-refractivity contribution is -0.191. The summed E-state index contributed by atoms with van der Waals surface area (Å²) in [7, 11) is 0. The molecule has 1 N–H and O–H groups in total. The summed E-state index contributed by atoms with van der Waals surface area (Å²) in [6.07, 6.45) is 3.44. The maximum absolute atomic E-state index is 12.2. The van der Waals surface area contributed by atoms with Crippen LogP contribution in [0.4, 0.5) is 0 Å². The second kappa shape index (κ2) is 8.06. The second-order valence-electron chi connectivity index (χ2n) is 5.29. The van der Waals surface area contributed by atoms with Crippen molar-refractivity contribution >= 4 is 12.1 Å². The Labute approximate surface area is 134 Å². The Morgan fingerprint density at radius 3 is 2.35 bits per heavy atom. The minimum Gasteiger partial charge on any atom is -0.339 e. The Bertz CT molecular complexity index is 679. The highest BCUT2D eigenvalue weighted by Crippen LogP contribution is 2.20. The molecule has 1 aliphatic rings. The van der Waals surface area contributed by atoms with E-state index < -0.39 is 0 Å². The highest BCUT2D eigenvalue weighted by Gasteiger charge is 2.19. The summed E-state index contributed by atoms with van der Waals surface area (Å²) in [5.74, 6) is 0.144. The van der Waals surface area contributed by atoms with Gasteiger partial charge in [-0.1, -0.05) is 19.1 Å². The summed E-state index contributed by atoms with van der Waals surface area (Å²) in [6.45, 7) is 3.87. The van der Waals surface area contributed by atoms with Crippen molar-refractivity contribution in [2.75, 3.05) is 13.1 Å². The van der Waals surface area contributed by atoms with Gasteiger partial charge in [0.2, 0.25) is 0 Å². The lowest BCUT2D eigenvalue weighted by Crippen LogP contribution is -2.27. The smallest absolute Gasteiger partial charge is 0.339 e. The molecule has 0 spiro atoms. The van der Waals surface area contributed by atoms with Gasteiger partial charge in [-0.2, -0.15) is 14.7 Å². The molecule has 120 valence electrons. The molecule has 1 aromatic heterocycles. The molecule has 3 rings (SSSR count). The van der Waals surface area contributed by atoms with Crippen LogP contribution < -0.4 is 0 Å². The van der Waals surface area contributed by atoms with Gasteiger partial charge in [-0.25, -0.2) is 0 Å². The van der Waals surface area contributed by atoms with Crippen molar-refractivity contribution in [2.24, 2.45) is 0 Å². The summed E-state index contributed by atoms with van der Waals surface area (Å²) in [6, 6.07) is 9.79. The predicted octanol–water partition coefficient (Wildman–Crippen LogP) is 2.29. The minimum atomic E-state index is 0.144. The van der Waals surface area contributed by atoms with E-state index in [1.807, 2.05) is 29.2 Å². The summed E-state index contributed by atoms with van der Waals surface area (Å²) in [5, 5.41) is 7.30. The molecule has 1 saturated heterocycles. The average molecular weight is 313 g/mol. The molecular formula is C17H19N3O3. The van der Waals surface area contributed by atoms with Crippen molar-refractivity contribution in [3.8, 4) is 11.3 Å². The third-order valence-electron chi connectivity index (χ3n) is 3.83. The molecule has 0 radical (unpaired) electrons. The molecule has 6 heteroatoms. The number of nitrogens with one attached hydrogen (secondary N) is 1. The van der Waals surface area contributed by atoms with Gasteiger partial charge in [-0.3, -0.25) is 9.89 Å². The third kappa shape index (κ3) is 4.14. The molecule has 1 amide bonds. The second-order valence-corrected chi connectivity index (χ2v) is 5.29. The fourth-order valence-electron chi connectivity index (χ4n) is 2.58. The van der Waals surface area contributed by atoms with Crippen molar-refractivity contribution in [1.82, 2.24) is 15.1 Å². The number of carbonyl (C=O) groups excluding carboxylic acids is 3. The fraction of sp³-hybridized carbons (Fsp3) is 0.353. The van der Waals surface area contributed by atoms with E-state index in [0.717, 1.165) is 54.9 Å². The molecule has 0 unspecified atom stereocenters. The van der Waals surface area contributed by atoms with Gasteiger partial charge in [0.1, 0.15) is 0 Å². The van der Waals surface area contributed by atoms with Crippen LogP contribution in [-0.4, -0.2) is 40.2 Å². The number of carbonyl (C=O) groups is 1. The molecular weight excluding hydrogens is 294 g/mol. The number of likely N-dealkylation sites (tertiary alicyclic amines) is 1. The average Bonchev–Trinajstić information content (AvgIpc) is 3.26. The van der Waals surface area contributed by atoms with E-state index in [4.69, 9.17) is 9.59 Å². The standard InChI is InChI=1S/C16H19N3O.CO2/c1-2-14-11-15(18-17-14)12-5-7-13(8-6-12)16(20)19-9-3-4-10-19;2-1-3/h5-8,11H,2-4,9-10H2,1H3,(H,17,18);. The van der Waals surface area contributed by atoms with Gasteiger partial charge in [0.25, 0.3) is 5.91 Å². The molecule has 1 aromatic carbocycles. The molecule has 23 heavy (non-hydrogen) atoms. The number of aryl methyl sites for hydroxylation is 1. The summed E-state index contributed by atoms with van der Waals surface area (Å²) in [5.41, 5.74) is 3.86. The maximum atomic E-state index is 12.2. The highest BCUT2D eigenvalue weighted by molar-refractivity contribution is 5.94. The Morgan fingerprint density at radius 1 is 1.22 bits per heavy atom. The van der Waals surface area contributed by atoms with Crippen LogP contribution in [0.3, 0.4) is 0 Å². The molecule has 2 heterocycles. The van der Waals surface area contributed by atoms with Crippen LogP contribution in [0.25, 0.3) is 11.3 Å². The minimum absolute atomic E-state index is 0.144. The van der Waals surface area contributed by atoms with E-state index >= 15 is 0 Å². The van der Waals surface area contributed by atoms with Crippen molar-refractivity contribution < 1.29 is 14.4 Å². The van der Waals surface area contributed by atoms with Gasteiger partial charge in [-0.05, 0) is 37.5 Å². The van der Waals surface area contributed by atoms with Crippen molar-refractivity contribution in [3.05, 3.63) is 41.6 Å². The maximum Gasteiger partial charge on any atom is 0.373 e. The number of nitrogens with zero attached hydrogens (tertiary/aromatic N) is 2. The molecule has 0 bridgehead atoms. The summed E-state index contributed by atoms with van der Waals surface area (Å²) < 4.78 is 0. The number of H-pyrrole nitrogens is 1. The molecule has 1 aliphatic heterocycles. The van der Waals surface area contributed by atoms with Crippen LogP contribution in [0.2, 0.25) is 0 Å². The van der Waals surface area contributed by atoms with Gasteiger partial charge in [0.15, 0.2) is 0 Å². The van der Waals surface area contributed by atoms with Crippen LogP contribution >= 0.6 is 0 Å². The predicted molar refractivity (Wildman–Crippen MR) is 83.5 cm³/mol. The Hall–Kier alpha value is -2.72. The highest BCUT2D eigenvalue weighted by atomic mass is 16.2. The molecule has 0 aliphatic carbocycles. The first-order chi connectivity index (χ1) is 11.2. The van der Waals surface area contributed by atoms with E-state index in [1.54, 1.807) is 0 Å². The number of aromatic amines is 1. The fourth-order valence-corrected chi connectivity index (χ4v) is 2.58. The zero-order valence-corrected chi connectivity index (χ0v) is 13.0. The number of rotatable bonds is 3. The normalized spacial score (nSPS) is 13.2. The van der Waals surface area contributed by atoms with Crippen LogP contribution in [-0.2, 0) is 16.0 Å². The Kier molecular flexibility index (Phi) is 5.83. The zero-order chi connectivity index (χ0) is 16.7. The quantitative estimate of drug-likeness (QED) is 0.942. The number of benzene rings is 1. The summed E-state index contributed by atoms with van der Waals surface area (Å²) in [4.78, 5) is 30.4. The lowest BCUT2D eigenvalue weighted by Gasteiger charge is -2.15. The number of hydrogen-bond acceptors (Lipinski definition) is 4. The first kappa shape index (κ1) is 16.6. The van der Waals surface area contributed by atoms with Gasteiger partial charge in [0, 0.05) is 29.9 Å². The first-order valence-electron chi connectivity index (χ1n) is 7.63. The molecule has 1 fully saturated rings. The van der Waals surface area contributed by atoms with Crippen LogP contribution in [0.1, 0.15) is 35.8 Å². The monoisotopic (exact) mass is 313 g/mol. The SMILES string of the molecule is CCc1cc(-c2ccc(C(=O)N3CCCC3)cc2)n[nH]1.O=C=O. The van der Waals surface area contributed by atoms with E-state index in [0.29, 0.717) is 0 Å². The van der Waals surface area contributed by atoms with E-state index in [9.17, 15) is 4.79 Å². The van der Waals surface area contributed by atoms with Crippen LogP contribution in [0.5, 0.6) is 0 Å². The number of hydrogen-bond donors (Lipinski definition) is 1. The Morgan fingerprint density at radius 2 is 1.83 bits per heavy atom. The first-order valence-corrected chi connectivity index (χ1v) is 7.63. The van der Waals surface area contributed by atoms with Crippen molar-refractivity contribution in [3.63, 3.8) is 0 Å². The van der Waals surface area contributed by atoms with Gasteiger partial charge >= 0.3 is 6.15 Å². The van der Waals surface area contributed by atoms with Crippen LogP contribution in [0.15, 0.2) is 30.3 Å². The molecule has 6 nitrogen and oxygen atoms in total. The number of aromatic nitrogens is 2. The van der Waals surface area contributed by atoms with E-state index in [2.05, 4.69) is 23.2 Å². The van der Waals surface area contributed by atoms with E-state index in [1.165, 1.54) is 0 Å². The van der Waals surface area contributed by atoms with Crippen molar-refractivity contribution in [1.29, 1.82) is 0 Å². The van der Waals surface area contributed by atoms with Gasteiger partial charge in [-0.15, -0.1) is 0 Å². The molecule has 0 saturated carbocycles. The van der Waals surface area contributed by atoms with Gasteiger partial charge < -0.3 is 4.90 Å². The largest absolute Gasteiger partial charge is 0.373 e. The molecule has 0 atom stereocenters. The van der Waals surface area contributed by atoms with Gasteiger partial charge in [0.05, 0.1) is 5.69 Å². The summed E-state index contributed by atoms with van der Waals surface area (Å²) >= 11 is 0. The zero-order valence-electron chi connectivity index (χ0n) is 13.0. The number of amides is 1. The lowest BCUT2D eigenvalue weighted by atomic mass is 10.1. The Balaban J connectivity index is 0.000000595. The van der Waals surface area contributed by atoms with Crippen LogP contribution in [0, 0.1) is 0 Å².